The van der Waals surface area contributed by atoms with Crippen molar-refractivity contribution in [2.24, 2.45) is 5.73 Å². The summed E-state index contributed by atoms with van der Waals surface area (Å²) in [6.07, 6.45) is 0.239. The Morgan fingerprint density at radius 1 is 1.00 bits per heavy atom. The number of nitrogens with one attached hydrogen (secondary N) is 1. The molecular weight excluding hydrogens is 344 g/mol. The van der Waals surface area contributed by atoms with Crippen molar-refractivity contribution in [1.29, 1.82) is 0 Å². The van der Waals surface area contributed by atoms with Crippen molar-refractivity contribution in [3.8, 4) is 0 Å². The van der Waals surface area contributed by atoms with Crippen molar-refractivity contribution < 1.29 is 19.1 Å². The molecule has 0 heterocycles. The van der Waals surface area contributed by atoms with Crippen molar-refractivity contribution in [1.82, 2.24) is 5.32 Å². The Hall–Kier alpha value is -3.41. The lowest BCUT2D eigenvalue weighted by Gasteiger charge is -2.18. The Morgan fingerprint density at radius 2 is 1.56 bits per heavy atom. The topological polar surface area (TPSA) is 98.5 Å². The number of benzene rings is 3. The van der Waals surface area contributed by atoms with Crippen LogP contribution in [0.3, 0.4) is 0 Å². The summed E-state index contributed by atoms with van der Waals surface area (Å²) in [5.74, 6) is -1.79. The number of carbonyl (C=O) groups excluding carboxylic acids is 3. The van der Waals surface area contributed by atoms with Gasteiger partial charge in [-0.2, -0.15) is 0 Å². The van der Waals surface area contributed by atoms with Crippen LogP contribution in [0.1, 0.15) is 12.5 Å². The zero-order valence-electron chi connectivity index (χ0n) is 14.9. The molecule has 0 aliphatic heterocycles. The number of fused-ring (bicyclic) bond motifs is 2. The SMILES string of the molecule is CC(=O)OCC(=O)N[C@@H](Cc1c2ccccc2cc2ccccc12)C(N)=O. The number of primary amides is 1. The minimum atomic E-state index is -0.915. The Kier molecular flexibility index (Phi) is 5.35. The fourth-order valence-corrected chi connectivity index (χ4v) is 3.16. The van der Waals surface area contributed by atoms with Crippen molar-refractivity contribution in [3.63, 3.8) is 0 Å². The average molecular weight is 364 g/mol. The van der Waals surface area contributed by atoms with Gasteiger partial charge in [0, 0.05) is 13.3 Å². The molecule has 0 saturated carbocycles. The van der Waals surface area contributed by atoms with Crippen molar-refractivity contribution in [2.45, 2.75) is 19.4 Å². The molecule has 0 aromatic heterocycles. The Balaban J connectivity index is 1.97. The van der Waals surface area contributed by atoms with Gasteiger partial charge >= 0.3 is 5.97 Å². The van der Waals surface area contributed by atoms with Gasteiger partial charge in [0.05, 0.1) is 0 Å². The number of rotatable bonds is 6. The maximum atomic E-state index is 12.0. The van der Waals surface area contributed by atoms with E-state index in [1.807, 2.05) is 48.5 Å². The first-order chi connectivity index (χ1) is 13.0. The molecular formula is C21H20N2O4. The number of hydrogen-bond donors (Lipinski definition) is 2. The second kappa shape index (κ2) is 7.86. The Morgan fingerprint density at radius 3 is 2.07 bits per heavy atom. The largest absolute Gasteiger partial charge is 0.456 e. The molecule has 3 aromatic carbocycles. The number of ether oxygens (including phenoxy) is 1. The first-order valence-electron chi connectivity index (χ1n) is 8.57. The standard InChI is InChI=1S/C21H20N2O4/c1-13(24)27-12-20(25)23-19(21(22)26)11-18-16-8-4-2-6-14(16)10-15-7-3-5-9-17(15)18/h2-10,19H,11-12H2,1H3,(H2,22,26)(H,23,25)/t19-/m0/s1. The van der Waals surface area contributed by atoms with E-state index >= 15 is 0 Å². The lowest BCUT2D eigenvalue weighted by molar-refractivity contribution is -0.146. The van der Waals surface area contributed by atoms with Crippen LogP contribution < -0.4 is 11.1 Å². The zero-order valence-corrected chi connectivity index (χ0v) is 14.9. The molecule has 0 saturated heterocycles. The highest BCUT2D eigenvalue weighted by Gasteiger charge is 2.21. The summed E-state index contributed by atoms with van der Waals surface area (Å²) in [4.78, 5) is 34.8. The molecule has 27 heavy (non-hydrogen) atoms. The molecule has 6 heteroatoms. The lowest BCUT2D eigenvalue weighted by Crippen LogP contribution is -2.47. The number of esters is 1. The molecule has 6 nitrogen and oxygen atoms in total. The predicted molar refractivity (Wildman–Crippen MR) is 103 cm³/mol. The third-order valence-corrected chi connectivity index (χ3v) is 4.38. The van der Waals surface area contributed by atoms with Gasteiger partial charge in [0.15, 0.2) is 6.61 Å². The minimum absolute atomic E-state index is 0.239. The number of nitrogens with two attached hydrogens (primary N) is 1. The summed E-state index contributed by atoms with van der Waals surface area (Å²) >= 11 is 0. The van der Waals surface area contributed by atoms with Gasteiger partial charge in [-0.3, -0.25) is 14.4 Å². The molecule has 3 N–H and O–H groups in total. The van der Waals surface area contributed by atoms with Gasteiger partial charge in [-0.1, -0.05) is 48.5 Å². The second-order valence-corrected chi connectivity index (χ2v) is 6.30. The van der Waals surface area contributed by atoms with Crippen LogP contribution in [-0.4, -0.2) is 30.4 Å². The van der Waals surface area contributed by atoms with E-state index in [9.17, 15) is 14.4 Å². The molecule has 3 aromatic rings. The van der Waals surface area contributed by atoms with Gasteiger partial charge in [0.2, 0.25) is 5.91 Å². The van der Waals surface area contributed by atoms with E-state index in [0.29, 0.717) is 0 Å². The maximum Gasteiger partial charge on any atom is 0.303 e. The van der Waals surface area contributed by atoms with E-state index in [1.54, 1.807) is 0 Å². The second-order valence-electron chi connectivity index (χ2n) is 6.30. The van der Waals surface area contributed by atoms with Gasteiger partial charge in [0.25, 0.3) is 5.91 Å². The van der Waals surface area contributed by atoms with E-state index in [-0.39, 0.29) is 6.42 Å². The molecule has 1 atom stereocenters. The van der Waals surface area contributed by atoms with Crippen LogP contribution in [0.5, 0.6) is 0 Å². The molecule has 0 aliphatic rings. The highest BCUT2D eigenvalue weighted by atomic mass is 16.5. The van der Waals surface area contributed by atoms with Crippen LogP contribution in [0.25, 0.3) is 21.5 Å². The maximum absolute atomic E-state index is 12.0. The Labute approximate surface area is 156 Å². The van der Waals surface area contributed by atoms with Gasteiger partial charge in [0.1, 0.15) is 6.04 Å². The van der Waals surface area contributed by atoms with Gasteiger partial charge in [-0.25, -0.2) is 0 Å². The molecule has 0 bridgehead atoms. The van der Waals surface area contributed by atoms with E-state index in [1.165, 1.54) is 6.92 Å². The van der Waals surface area contributed by atoms with Crippen molar-refractivity contribution in [2.75, 3.05) is 6.61 Å². The minimum Gasteiger partial charge on any atom is -0.456 e. The van der Waals surface area contributed by atoms with E-state index < -0.39 is 30.4 Å². The monoisotopic (exact) mass is 364 g/mol. The summed E-state index contributed by atoms with van der Waals surface area (Å²) in [7, 11) is 0. The highest BCUT2D eigenvalue weighted by molar-refractivity contribution is 6.03. The van der Waals surface area contributed by atoms with E-state index in [4.69, 9.17) is 5.73 Å². The summed E-state index contributed by atoms with van der Waals surface area (Å²) in [5.41, 5.74) is 6.45. The van der Waals surface area contributed by atoms with Crippen LogP contribution in [-0.2, 0) is 25.5 Å². The normalized spacial score (nSPS) is 11.9. The zero-order chi connectivity index (χ0) is 19.4. The van der Waals surface area contributed by atoms with Crippen LogP contribution in [0.4, 0.5) is 0 Å². The van der Waals surface area contributed by atoms with Crippen LogP contribution in [0.2, 0.25) is 0 Å². The molecule has 0 radical (unpaired) electrons. The molecule has 2 amide bonds. The van der Waals surface area contributed by atoms with Crippen LogP contribution >= 0.6 is 0 Å². The molecule has 0 fully saturated rings. The summed E-state index contributed by atoms with van der Waals surface area (Å²) in [6, 6.07) is 16.9. The lowest BCUT2D eigenvalue weighted by atomic mass is 9.92. The average Bonchev–Trinajstić information content (AvgIpc) is 2.65. The van der Waals surface area contributed by atoms with Gasteiger partial charge in [-0.05, 0) is 33.2 Å². The molecule has 0 aliphatic carbocycles. The van der Waals surface area contributed by atoms with Crippen molar-refractivity contribution >= 4 is 39.3 Å². The van der Waals surface area contributed by atoms with Gasteiger partial charge < -0.3 is 15.8 Å². The molecule has 3 rings (SSSR count). The summed E-state index contributed by atoms with van der Waals surface area (Å²) < 4.78 is 4.67. The molecule has 0 spiro atoms. The first kappa shape index (κ1) is 18.4. The Bertz CT molecular complexity index is 975. The first-order valence-corrected chi connectivity index (χ1v) is 8.57. The van der Waals surface area contributed by atoms with Crippen molar-refractivity contribution in [3.05, 3.63) is 60.2 Å². The number of amides is 2. The number of carbonyl (C=O) groups is 3. The summed E-state index contributed by atoms with van der Waals surface area (Å²) in [6.45, 7) is 0.760. The summed E-state index contributed by atoms with van der Waals surface area (Å²) in [5, 5.41) is 6.64. The predicted octanol–water partition coefficient (Wildman–Crippen LogP) is 2.07. The van der Waals surface area contributed by atoms with Crippen LogP contribution in [0, 0.1) is 0 Å². The number of hydrogen-bond acceptors (Lipinski definition) is 4. The van der Waals surface area contributed by atoms with Gasteiger partial charge in [-0.15, -0.1) is 0 Å². The third kappa shape index (κ3) is 4.23. The molecule has 138 valence electrons. The smallest absolute Gasteiger partial charge is 0.303 e. The molecule has 0 unspecified atom stereocenters. The quantitative estimate of drug-likeness (QED) is 0.517. The highest BCUT2D eigenvalue weighted by Crippen LogP contribution is 2.29. The van der Waals surface area contributed by atoms with Crippen LogP contribution in [0.15, 0.2) is 54.6 Å². The fraction of sp³-hybridized carbons (Fsp3) is 0.190. The fourth-order valence-electron chi connectivity index (χ4n) is 3.16. The van der Waals surface area contributed by atoms with E-state index in [0.717, 1.165) is 27.1 Å². The third-order valence-electron chi connectivity index (χ3n) is 4.38. The van der Waals surface area contributed by atoms with E-state index in [2.05, 4.69) is 16.1 Å².